The zero-order chi connectivity index (χ0) is 15.9. The summed E-state index contributed by atoms with van der Waals surface area (Å²) in [6.45, 7) is 3.45. The lowest BCUT2D eigenvalue weighted by atomic mass is 10.1. The van der Waals surface area contributed by atoms with Crippen LogP contribution >= 0.6 is 0 Å². The van der Waals surface area contributed by atoms with Crippen molar-refractivity contribution < 1.29 is 19.4 Å². The third-order valence-electron chi connectivity index (χ3n) is 3.95. The van der Waals surface area contributed by atoms with E-state index in [0.717, 1.165) is 12.0 Å². The Morgan fingerprint density at radius 3 is 2.59 bits per heavy atom. The first-order valence-electron chi connectivity index (χ1n) is 7.77. The van der Waals surface area contributed by atoms with Crippen molar-refractivity contribution in [1.29, 1.82) is 0 Å². The third kappa shape index (κ3) is 4.84. The second-order valence-corrected chi connectivity index (χ2v) is 5.60. The molecular weight excluding hydrogens is 282 g/mol. The Kier molecular flexibility index (Phi) is 5.95. The maximum atomic E-state index is 12.2. The Hall–Kier alpha value is -1.88. The summed E-state index contributed by atoms with van der Waals surface area (Å²) in [6, 6.07) is 8.33. The van der Waals surface area contributed by atoms with Gasteiger partial charge in [-0.25, -0.2) is 0 Å². The highest BCUT2D eigenvalue weighted by atomic mass is 16.5. The van der Waals surface area contributed by atoms with Gasteiger partial charge in [-0.05, 0) is 24.0 Å². The van der Waals surface area contributed by atoms with Crippen LogP contribution in [0.15, 0.2) is 24.3 Å². The maximum Gasteiger partial charge on any atom is 0.306 e. The van der Waals surface area contributed by atoms with Gasteiger partial charge in [0.1, 0.15) is 0 Å². The molecule has 0 unspecified atom stereocenters. The Morgan fingerprint density at radius 2 is 1.95 bits per heavy atom. The number of hydrogen-bond acceptors (Lipinski definition) is 3. The van der Waals surface area contributed by atoms with E-state index in [4.69, 9.17) is 9.84 Å². The predicted octanol–water partition coefficient (Wildman–Crippen LogP) is 1.88. The van der Waals surface area contributed by atoms with Crippen molar-refractivity contribution in [2.75, 3.05) is 19.7 Å². The summed E-state index contributed by atoms with van der Waals surface area (Å²) >= 11 is 0. The van der Waals surface area contributed by atoms with E-state index < -0.39 is 5.97 Å². The number of hydrogen-bond donors (Lipinski definition) is 1. The first-order valence-corrected chi connectivity index (χ1v) is 7.77. The molecule has 0 aromatic heterocycles. The van der Waals surface area contributed by atoms with Crippen LogP contribution in [0.5, 0.6) is 0 Å². The predicted molar refractivity (Wildman–Crippen MR) is 82.7 cm³/mol. The Bertz CT molecular complexity index is 512. The van der Waals surface area contributed by atoms with E-state index in [2.05, 4.69) is 31.2 Å². The Balaban J connectivity index is 1.81. The van der Waals surface area contributed by atoms with Crippen LogP contribution in [-0.4, -0.2) is 47.7 Å². The van der Waals surface area contributed by atoms with Gasteiger partial charge < -0.3 is 14.7 Å². The molecule has 1 amide bonds. The number of carboxylic acid groups (broad SMARTS) is 1. The Labute approximate surface area is 130 Å². The molecule has 2 rings (SSSR count). The van der Waals surface area contributed by atoms with Crippen molar-refractivity contribution in [3.8, 4) is 0 Å². The summed E-state index contributed by atoms with van der Waals surface area (Å²) in [7, 11) is 0. The standard InChI is InChI=1S/C17H23NO4/c1-2-13-3-5-14(6-4-13)7-8-16(19)18-9-10-22-15(12-18)11-17(20)21/h3-6,15H,2,7-12H2,1H3,(H,20,21)/t15-/m1/s1. The maximum absolute atomic E-state index is 12.2. The van der Waals surface area contributed by atoms with E-state index in [-0.39, 0.29) is 18.4 Å². The van der Waals surface area contributed by atoms with E-state index in [1.807, 2.05) is 0 Å². The number of carbonyl (C=O) groups excluding carboxylic acids is 1. The summed E-state index contributed by atoms with van der Waals surface area (Å²) in [5.41, 5.74) is 2.45. The number of rotatable bonds is 6. The summed E-state index contributed by atoms with van der Waals surface area (Å²) in [5.74, 6) is -0.825. The van der Waals surface area contributed by atoms with Crippen molar-refractivity contribution >= 4 is 11.9 Å². The van der Waals surface area contributed by atoms with Crippen LogP contribution in [0.3, 0.4) is 0 Å². The van der Waals surface area contributed by atoms with Gasteiger partial charge in [0.15, 0.2) is 0 Å². The van der Waals surface area contributed by atoms with Crippen molar-refractivity contribution in [3.63, 3.8) is 0 Å². The molecule has 1 atom stereocenters. The molecule has 1 aliphatic heterocycles. The second kappa shape index (κ2) is 7.94. The van der Waals surface area contributed by atoms with Crippen LogP contribution in [0.2, 0.25) is 0 Å². The number of aliphatic carboxylic acids is 1. The molecule has 120 valence electrons. The fraction of sp³-hybridized carbons (Fsp3) is 0.529. The Morgan fingerprint density at radius 1 is 1.27 bits per heavy atom. The van der Waals surface area contributed by atoms with Crippen LogP contribution in [0.1, 0.15) is 30.9 Å². The molecule has 1 heterocycles. The van der Waals surface area contributed by atoms with Crippen molar-refractivity contribution in [1.82, 2.24) is 4.90 Å². The minimum Gasteiger partial charge on any atom is -0.481 e. The van der Waals surface area contributed by atoms with Gasteiger partial charge in [0, 0.05) is 19.5 Å². The number of nitrogens with zero attached hydrogens (tertiary/aromatic N) is 1. The number of morpholine rings is 1. The third-order valence-corrected chi connectivity index (χ3v) is 3.95. The smallest absolute Gasteiger partial charge is 0.306 e. The fourth-order valence-electron chi connectivity index (χ4n) is 2.62. The summed E-state index contributed by atoms with van der Waals surface area (Å²) in [6.07, 6.45) is 1.73. The zero-order valence-corrected chi connectivity index (χ0v) is 13.0. The van der Waals surface area contributed by atoms with Crippen LogP contribution in [-0.2, 0) is 27.2 Å². The average Bonchev–Trinajstić information content (AvgIpc) is 2.52. The van der Waals surface area contributed by atoms with Crippen molar-refractivity contribution in [2.24, 2.45) is 0 Å². The molecule has 5 nitrogen and oxygen atoms in total. The number of carbonyl (C=O) groups is 2. The fourth-order valence-corrected chi connectivity index (χ4v) is 2.62. The van der Waals surface area contributed by atoms with Crippen molar-refractivity contribution in [2.45, 2.75) is 38.7 Å². The van der Waals surface area contributed by atoms with Gasteiger partial charge >= 0.3 is 5.97 Å². The molecule has 0 bridgehead atoms. The highest BCUT2D eigenvalue weighted by Gasteiger charge is 2.25. The van der Waals surface area contributed by atoms with Gasteiger partial charge in [-0.2, -0.15) is 0 Å². The van der Waals surface area contributed by atoms with Crippen LogP contribution < -0.4 is 0 Å². The number of ether oxygens (including phenoxy) is 1. The number of amides is 1. The molecule has 1 fully saturated rings. The monoisotopic (exact) mass is 305 g/mol. The molecule has 0 radical (unpaired) electrons. The quantitative estimate of drug-likeness (QED) is 0.871. The van der Waals surface area contributed by atoms with Crippen LogP contribution in [0.4, 0.5) is 0 Å². The summed E-state index contributed by atoms with van der Waals surface area (Å²) < 4.78 is 5.38. The lowest BCUT2D eigenvalue weighted by Crippen LogP contribution is -2.46. The largest absolute Gasteiger partial charge is 0.481 e. The van der Waals surface area contributed by atoms with E-state index in [1.54, 1.807) is 4.90 Å². The molecule has 0 saturated carbocycles. The molecule has 0 aliphatic carbocycles. The lowest BCUT2D eigenvalue weighted by molar-refractivity contribution is -0.147. The average molecular weight is 305 g/mol. The number of aryl methyl sites for hydroxylation is 2. The highest BCUT2D eigenvalue weighted by molar-refractivity contribution is 5.76. The molecule has 1 saturated heterocycles. The van der Waals surface area contributed by atoms with Gasteiger partial charge in [-0.15, -0.1) is 0 Å². The number of benzene rings is 1. The van der Waals surface area contributed by atoms with Gasteiger partial charge in [-0.1, -0.05) is 31.2 Å². The SMILES string of the molecule is CCc1ccc(CCC(=O)N2CCO[C@H](CC(=O)O)C2)cc1. The number of carboxylic acids is 1. The van der Waals surface area contributed by atoms with Gasteiger partial charge in [-0.3, -0.25) is 9.59 Å². The summed E-state index contributed by atoms with van der Waals surface area (Å²) in [4.78, 5) is 24.7. The first-order chi connectivity index (χ1) is 10.6. The second-order valence-electron chi connectivity index (χ2n) is 5.60. The van der Waals surface area contributed by atoms with E-state index in [0.29, 0.717) is 32.5 Å². The van der Waals surface area contributed by atoms with Crippen LogP contribution in [0.25, 0.3) is 0 Å². The van der Waals surface area contributed by atoms with Crippen LogP contribution in [0, 0.1) is 0 Å². The molecule has 1 aromatic carbocycles. The molecule has 1 aliphatic rings. The minimum atomic E-state index is -0.893. The first kappa shape index (κ1) is 16.5. The van der Waals surface area contributed by atoms with Crippen molar-refractivity contribution in [3.05, 3.63) is 35.4 Å². The van der Waals surface area contributed by atoms with E-state index >= 15 is 0 Å². The van der Waals surface area contributed by atoms with E-state index in [1.165, 1.54) is 5.56 Å². The summed E-state index contributed by atoms with van der Waals surface area (Å²) in [5, 5.41) is 8.80. The van der Waals surface area contributed by atoms with E-state index in [9.17, 15) is 9.59 Å². The molecule has 1 N–H and O–H groups in total. The topological polar surface area (TPSA) is 66.8 Å². The van der Waals surface area contributed by atoms with Gasteiger partial charge in [0.25, 0.3) is 0 Å². The molecule has 5 heteroatoms. The molecule has 0 spiro atoms. The molecular formula is C17H23NO4. The molecule has 22 heavy (non-hydrogen) atoms. The lowest BCUT2D eigenvalue weighted by Gasteiger charge is -2.32. The van der Waals surface area contributed by atoms with Gasteiger partial charge in [0.05, 0.1) is 19.1 Å². The minimum absolute atomic E-state index is 0.0533. The highest BCUT2D eigenvalue weighted by Crippen LogP contribution is 2.12. The zero-order valence-electron chi connectivity index (χ0n) is 13.0. The van der Waals surface area contributed by atoms with Gasteiger partial charge in [0.2, 0.25) is 5.91 Å². The molecule has 1 aromatic rings. The normalized spacial score (nSPS) is 18.2.